The van der Waals surface area contributed by atoms with Crippen molar-refractivity contribution >= 4 is 23.4 Å². The van der Waals surface area contributed by atoms with Crippen molar-refractivity contribution in [1.29, 1.82) is 0 Å². The van der Waals surface area contributed by atoms with Crippen molar-refractivity contribution in [3.05, 3.63) is 16.7 Å². The van der Waals surface area contributed by atoms with Crippen molar-refractivity contribution < 1.29 is 19.0 Å². The molecule has 122 valence electrons. The second-order valence-corrected chi connectivity index (χ2v) is 7.35. The zero-order valence-corrected chi connectivity index (χ0v) is 14.6. The lowest BCUT2D eigenvalue weighted by molar-refractivity contribution is 0.0635. The van der Waals surface area contributed by atoms with Gasteiger partial charge in [-0.25, -0.2) is 4.79 Å². The van der Waals surface area contributed by atoms with Crippen LogP contribution in [0.15, 0.2) is 6.07 Å². The molecule has 0 spiro atoms. The van der Waals surface area contributed by atoms with E-state index in [1.165, 1.54) is 0 Å². The summed E-state index contributed by atoms with van der Waals surface area (Å²) in [6, 6.07) is 1.62. The minimum atomic E-state index is -0.580. The number of ether oxygens (including phenoxy) is 3. The molecule has 0 aliphatic carbocycles. The Kier molecular flexibility index (Phi) is 4.22. The summed E-state index contributed by atoms with van der Waals surface area (Å²) in [7, 11) is 1.57. The van der Waals surface area contributed by atoms with Gasteiger partial charge < -0.3 is 14.2 Å². The Hall–Kier alpha value is -1.62. The quantitative estimate of drug-likeness (QED) is 0.876. The van der Waals surface area contributed by atoms with Gasteiger partial charge in [0.25, 0.3) is 0 Å². The van der Waals surface area contributed by atoms with E-state index in [1.54, 1.807) is 33.9 Å². The van der Waals surface area contributed by atoms with Gasteiger partial charge in [0.05, 0.1) is 24.4 Å². The Morgan fingerprint density at radius 1 is 1.41 bits per heavy atom. The zero-order valence-electron chi connectivity index (χ0n) is 13.8. The SMILES string of the molecule is COc1c(Cl)cc(NC(=O)OC(C)(C)C)c2c1C(C)(C)CO2. The predicted molar refractivity (Wildman–Crippen MR) is 86.4 cm³/mol. The van der Waals surface area contributed by atoms with Crippen LogP contribution in [0.4, 0.5) is 10.5 Å². The van der Waals surface area contributed by atoms with Crippen molar-refractivity contribution in [1.82, 2.24) is 0 Å². The molecule has 5 nitrogen and oxygen atoms in total. The maximum Gasteiger partial charge on any atom is 0.412 e. The van der Waals surface area contributed by atoms with Gasteiger partial charge in [-0.05, 0) is 26.8 Å². The summed E-state index contributed by atoms with van der Waals surface area (Å²) >= 11 is 6.28. The maximum absolute atomic E-state index is 12.0. The topological polar surface area (TPSA) is 56.8 Å². The summed E-state index contributed by atoms with van der Waals surface area (Å²) in [5, 5.41) is 3.12. The average molecular weight is 328 g/mol. The number of anilines is 1. The molecule has 0 saturated carbocycles. The maximum atomic E-state index is 12.0. The highest BCUT2D eigenvalue weighted by atomic mass is 35.5. The van der Waals surface area contributed by atoms with Gasteiger partial charge in [-0.2, -0.15) is 0 Å². The third kappa shape index (κ3) is 3.24. The first-order chi connectivity index (χ1) is 10.0. The predicted octanol–water partition coefficient (Wildman–Crippen LogP) is 4.37. The lowest BCUT2D eigenvalue weighted by atomic mass is 9.86. The fraction of sp³-hybridized carbons (Fsp3) is 0.562. The largest absolute Gasteiger partial charge is 0.495 e. The van der Waals surface area contributed by atoms with E-state index >= 15 is 0 Å². The number of fused-ring (bicyclic) bond motifs is 1. The highest BCUT2D eigenvalue weighted by molar-refractivity contribution is 6.32. The van der Waals surface area contributed by atoms with Gasteiger partial charge >= 0.3 is 6.09 Å². The van der Waals surface area contributed by atoms with E-state index in [9.17, 15) is 4.79 Å². The average Bonchev–Trinajstić information content (AvgIpc) is 2.64. The number of amides is 1. The number of rotatable bonds is 2. The van der Waals surface area contributed by atoms with E-state index in [-0.39, 0.29) is 5.41 Å². The van der Waals surface area contributed by atoms with Gasteiger partial charge in [-0.15, -0.1) is 0 Å². The van der Waals surface area contributed by atoms with E-state index in [0.717, 1.165) is 5.56 Å². The molecule has 1 amide bonds. The minimum absolute atomic E-state index is 0.254. The lowest BCUT2D eigenvalue weighted by Gasteiger charge is -2.22. The Morgan fingerprint density at radius 3 is 2.59 bits per heavy atom. The van der Waals surface area contributed by atoms with Crippen LogP contribution in [0.5, 0.6) is 11.5 Å². The zero-order chi connectivity index (χ0) is 16.7. The fourth-order valence-electron chi connectivity index (χ4n) is 2.41. The summed E-state index contributed by atoms with van der Waals surface area (Å²) < 4.78 is 16.4. The molecular formula is C16H22ClNO4. The third-order valence-electron chi connectivity index (χ3n) is 3.28. The van der Waals surface area contributed by atoms with Crippen LogP contribution < -0.4 is 14.8 Å². The second kappa shape index (κ2) is 5.54. The van der Waals surface area contributed by atoms with Crippen molar-refractivity contribution in [3.8, 4) is 11.5 Å². The molecule has 0 aromatic heterocycles. The minimum Gasteiger partial charge on any atom is -0.495 e. The first-order valence-corrected chi connectivity index (χ1v) is 7.47. The smallest absolute Gasteiger partial charge is 0.412 e. The van der Waals surface area contributed by atoms with Crippen LogP contribution in [0.2, 0.25) is 5.02 Å². The Bertz CT molecular complexity index is 605. The molecule has 0 radical (unpaired) electrons. The summed E-state index contributed by atoms with van der Waals surface area (Å²) in [5.41, 5.74) is 0.508. The van der Waals surface area contributed by atoms with Gasteiger partial charge in [-0.1, -0.05) is 25.4 Å². The Balaban J connectivity index is 2.41. The van der Waals surface area contributed by atoms with Crippen LogP contribution in [0.25, 0.3) is 0 Å². The van der Waals surface area contributed by atoms with Crippen LogP contribution >= 0.6 is 11.6 Å². The lowest BCUT2D eigenvalue weighted by Crippen LogP contribution is -2.27. The molecule has 1 aliphatic rings. The molecule has 0 bridgehead atoms. The highest BCUT2D eigenvalue weighted by Crippen LogP contribution is 2.51. The molecule has 0 unspecified atom stereocenters. The van der Waals surface area contributed by atoms with Crippen molar-refractivity contribution in [3.63, 3.8) is 0 Å². The van der Waals surface area contributed by atoms with Gasteiger partial charge in [0.2, 0.25) is 0 Å². The number of carbonyl (C=O) groups is 1. The summed E-state index contributed by atoms with van der Waals surface area (Å²) in [4.78, 5) is 12.0. The Labute approximate surface area is 135 Å². The molecular weight excluding hydrogens is 306 g/mol. The van der Waals surface area contributed by atoms with Crippen molar-refractivity contribution in [2.45, 2.75) is 45.6 Å². The highest BCUT2D eigenvalue weighted by Gasteiger charge is 2.38. The normalized spacial score (nSPS) is 15.8. The number of methoxy groups -OCH3 is 1. The number of carbonyl (C=O) groups excluding carboxylic acids is 1. The molecule has 22 heavy (non-hydrogen) atoms. The van der Waals surface area contributed by atoms with Crippen LogP contribution in [0.3, 0.4) is 0 Å². The molecule has 1 N–H and O–H groups in total. The van der Waals surface area contributed by atoms with E-state index in [0.29, 0.717) is 28.8 Å². The fourth-order valence-corrected chi connectivity index (χ4v) is 2.69. The number of halogens is 1. The summed E-state index contributed by atoms with van der Waals surface area (Å²) in [5.74, 6) is 1.16. The second-order valence-electron chi connectivity index (χ2n) is 6.94. The van der Waals surface area contributed by atoms with Gasteiger partial charge in [-0.3, -0.25) is 5.32 Å². The number of hydrogen-bond acceptors (Lipinski definition) is 4. The first-order valence-electron chi connectivity index (χ1n) is 7.09. The van der Waals surface area contributed by atoms with Crippen LogP contribution in [0.1, 0.15) is 40.2 Å². The monoisotopic (exact) mass is 327 g/mol. The summed E-state index contributed by atoms with van der Waals surface area (Å²) in [6.45, 7) is 9.97. The molecule has 1 aromatic rings. The number of nitrogens with one attached hydrogen (secondary N) is 1. The first kappa shape index (κ1) is 16.7. The standard InChI is InChI=1S/C16H22ClNO4/c1-15(2,3)22-14(19)18-10-7-9(17)12(20-6)11-13(10)21-8-16(11,4)5/h7H,8H2,1-6H3,(H,18,19). The van der Waals surface area contributed by atoms with Crippen LogP contribution in [-0.2, 0) is 10.2 Å². The molecule has 2 rings (SSSR count). The van der Waals surface area contributed by atoms with Gasteiger partial charge in [0.1, 0.15) is 11.4 Å². The van der Waals surface area contributed by atoms with Crippen LogP contribution in [-0.4, -0.2) is 25.4 Å². The Morgan fingerprint density at radius 2 is 2.05 bits per heavy atom. The molecule has 1 aliphatic heterocycles. The van der Waals surface area contributed by atoms with E-state index < -0.39 is 11.7 Å². The molecule has 1 aromatic carbocycles. The van der Waals surface area contributed by atoms with Crippen LogP contribution in [0, 0.1) is 0 Å². The van der Waals surface area contributed by atoms with Gasteiger partial charge in [0.15, 0.2) is 5.75 Å². The van der Waals surface area contributed by atoms with Gasteiger partial charge in [0, 0.05) is 11.0 Å². The molecule has 0 saturated heterocycles. The van der Waals surface area contributed by atoms with Crippen molar-refractivity contribution in [2.75, 3.05) is 19.0 Å². The molecule has 0 fully saturated rings. The third-order valence-corrected chi connectivity index (χ3v) is 3.56. The molecule has 6 heteroatoms. The number of benzene rings is 1. The summed E-state index contributed by atoms with van der Waals surface area (Å²) in [6.07, 6.45) is -0.552. The van der Waals surface area contributed by atoms with E-state index in [4.69, 9.17) is 25.8 Å². The number of hydrogen-bond donors (Lipinski definition) is 1. The van der Waals surface area contributed by atoms with E-state index in [2.05, 4.69) is 5.32 Å². The van der Waals surface area contributed by atoms with E-state index in [1.807, 2.05) is 13.8 Å². The molecule has 0 atom stereocenters. The molecule has 1 heterocycles. The van der Waals surface area contributed by atoms with Crippen molar-refractivity contribution in [2.24, 2.45) is 0 Å².